The van der Waals surface area contributed by atoms with Crippen molar-refractivity contribution in [2.45, 2.75) is 6.61 Å². The number of ether oxygens (including phenoxy) is 1. The van der Waals surface area contributed by atoms with Crippen LogP contribution >= 0.6 is 11.6 Å². The Morgan fingerprint density at radius 2 is 2.04 bits per heavy atom. The van der Waals surface area contributed by atoms with Crippen LogP contribution < -0.4 is 9.64 Å². The van der Waals surface area contributed by atoms with Gasteiger partial charge in [-0.2, -0.15) is 13.9 Å². The lowest BCUT2D eigenvalue weighted by Gasteiger charge is -2.35. The molecular formula is C15H16ClF2N5O2. The molecule has 134 valence electrons. The van der Waals surface area contributed by atoms with E-state index < -0.39 is 6.61 Å². The number of piperazine rings is 1. The smallest absolute Gasteiger partial charge is 0.388 e. The predicted molar refractivity (Wildman–Crippen MR) is 87.2 cm³/mol. The summed E-state index contributed by atoms with van der Waals surface area (Å²) < 4.78 is 30.1. The number of carbonyl (C=O) groups excluding carboxylic acids is 1. The van der Waals surface area contributed by atoms with E-state index in [1.165, 1.54) is 13.1 Å². The molecular weight excluding hydrogens is 356 g/mol. The summed E-state index contributed by atoms with van der Waals surface area (Å²) in [6.45, 7) is -0.934. The first-order valence-electron chi connectivity index (χ1n) is 7.59. The van der Waals surface area contributed by atoms with Crippen LogP contribution in [-0.2, 0) is 7.05 Å². The average molecular weight is 372 g/mol. The van der Waals surface area contributed by atoms with Gasteiger partial charge < -0.3 is 14.5 Å². The molecule has 3 heterocycles. The number of hydrogen-bond donors (Lipinski definition) is 0. The molecule has 3 rings (SSSR count). The van der Waals surface area contributed by atoms with Gasteiger partial charge in [-0.05, 0) is 12.1 Å². The lowest BCUT2D eigenvalue weighted by molar-refractivity contribution is -0.0553. The molecule has 10 heteroatoms. The maximum Gasteiger partial charge on any atom is 0.388 e. The van der Waals surface area contributed by atoms with E-state index in [1.807, 2.05) is 4.90 Å². The molecule has 0 N–H and O–H groups in total. The maximum absolute atomic E-state index is 12.5. The third kappa shape index (κ3) is 3.81. The van der Waals surface area contributed by atoms with Crippen LogP contribution in [-0.4, -0.2) is 58.4 Å². The number of amides is 1. The highest BCUT2D eigenvalue weighted by Crippen LogP contribution is 2.24. The molecule has 2 aromatic heterocycles. The van der Waals surface area contributed by atoms with E-state index in [0.717, 1.165) is 4.68 Å². The molecule has 0 bridgehead atoms. The summed E-state index contributed by atoms with van der Waals surface area (Å²) >= 11 is 6.14. The van der Waals surface area contributed by atoms with Crippen LogP contribution in [0.4, 0.5) is 14.6 Å². The van der Waals surface area contributed by atoms with Gasteiger partial charge in [0, 0.05) is 45.5 Å². The number of aromatic nitrogens is 3. The fourth-order valence-corrected chi connectivity index (χ4v) is 2.89. The summed E-state index contributed by atoms with van der Waals surface area (Å²) in [6, 6.07) is 4.74. The van der Waals surface area contributed by atoms with Gasteiger partial charge in [-0.15, -0.1) is 0 Å². The van der Waals surface area contributed by atoms with Crippen molar-refractivity contribution in [2.24, 2.45) is 7.05 Å². The SMILES string of the molecule is Cn1nc(C(=O)N2CCN(c3ncccc3Cl)CC2)cc1OC(F)F. The van der Waals surface area contributed by atoms with Gasteiger partial charge in [0.1, 0.15) is 5.82 Å². The van der Waals surface area contributed by atoms with Crippen LogP contribution in [0.3, 0.4) is 0 Å². The third-order valence-corrected chi connectivity index (χ3v) is 4.17. The van der Waals surface area contributed by atoms with E-state index in [1.54, 1.807) is 23.2 Å². The number of rotatable bonds is 4. The summed E-state index contributed by atoms with van der Waals surface area (Å²) in [7, 11) is 1.44. The monoisotopic (exact) mass is 371 g/mol. The molecule has 0 saturated carbocycles. The van der Waals surface area contributed by atoms with E-state index in [0.29, 0.717) is 37.0 Å². The van der Waals surface area contributed by atoms with E-state index >= 15 is 0 Å². The second kappa shape index (κ2) is 7.22. The Kier molecular flexibility index (Phi) is 5.03. The molecule has 1 fully saturated rings. The van der Waals surface area contributed by atoms with Crippen molar-refractivity contribution >= 4 is 23.3 Å². The number of nitrogens with zero attached hydrogens (tertiary/aromatic N) is 5. The van der Waals surface area contributed by atoms with Crippen LogP contribution in [0.15, 0.2) is 24.4 Å². The molecule has 1 saturated heterocycles. The number of halogens is 3. The second-order valence-electron chi connectivity index (χ2n) is 5.46. The number of alkyl halides is 2. The van der Waals surface area contributed by atoms with Crippen molar-refractivity contribution in [3.8, 4) is 5.88 Å². The zero-order valence-electron chi connectivity index (χ0n) is 13.4. The van der Waals surface area contributed by atoms with Crippen molar-refractivity contribution in [3.63, 3.8) is 0 Å². The minimum atomic E-state index is -2.97. The highest BCUT2D eigenvalue weighted by atomic mass is 35.5. The van der Waals surface area contributed by atoms with Crippen LogP contribution in [0.2, 0.25) is 5.02 Å². The van der Waals surface area contributed by atoms with Gasteiger partial charge in [0.2, 0.25) is 5.88 Å². The van der Waals surface area contributed by atoms with Gasteiger partial charge in [0.25, 0.3) is 5.91 Å². The zero-order chi connectivity index (χ0) is 18.0. The summed E-state index contributed by atoms with van der Waals surface area (Å²) in [5.41, 5.74) is 0.0717. The molecule has 25 heavy (non-hydrogen) atoms. The van der Waals surface area contributed by atoms with Gasteiger partial charge >= 0.3 is 6.61 Å². The fraction of sp³-hybridized carbons (Fsp3) is 0.400. The minimum Gasteiger partial charge on any atom is -0.417 e. The average Bonchev–Trinajstić information content (AvgIpc) is 2.95. The topological polar surface area (TPSA) is 63.5 Å². The largest absolute Gasteiger partial charge is 0.417 e. The van der Waals surface area contributed by atoms with Crippen molar-refractivity contribution < 1.29 is 18.3 Å². The Hall–Kier alpha value is -2.42. The number of anilines is 1. The van der Waals surface area contributed by atoms with Crippen LogP contribution in [0.5, 0.6) is 5.88 Å². The fourth-order valence-electron chi connectivity index (χ4n) is 2.65. The molecule has 7 nitrogen and oxygen atoms in total. The van der Waals surface area contributed by atoms with E-state index in [4.69, 9.17) is 11.6 Å². The first-order chi connectivity index (χ1) is 12.0. The van der Waals surface area contributed by atoms with Crippen molar-refractivity contribution in [1.29, 1.82) is 0 Å². The number of hydrogen-bond acceptors (Lipinski definition) is 5. The van der Waals surface area contributed by atoms with Gasteiger partial charge in [0.15, 0.2) is 5.69 Å². The minimum absolute atomic E-state index is 0.0717. The molecule has 0 aliphatic carbocycles. The molecule has 0 atom stereocenters. The Balaban J connectivity index is 1.65. The van der Waals surface area contributed by atoms with Crippen LogP contribution in [0, 0.1) is 0 Å². The van der Waals surface area contributed by atoms with Gasteiger partial charge in [-0.3, -0.25) is 4.79 Å². The molecule has 0 radical (unpaired) electrons. The van der Waals surface area contributed by atoms with Crippen molar-refractivity contribution in [1.82, 2.24) is 19.7 Å². The van der Waals surface area contributed by atoms with Gasteiger partial charge in [-0.25, -0.2) is 9.67 Å². The Morgan fingerprint density at radius 1 is 1.32 bits per heavy atom. The number of pyridine rings is 1. The zero-order valence-corrected chi connectivity index (χ0v) is 14.2. The van der Waals surface area contributed by atoms with Crippen molar-refractivity contribution in [2.75, 3.05) is 31.1 Å². The van der Waals surface area contributed by atoms with E-state index in [-0.39, 0.29) is 17.5 Å². The third-order valence-electron chi connectivity index (χ3n) is 3.87. The second-order valence-corrected chi connectivity index (χ2v) is 5.87. The highest BCUT2D eigenvalue weighted by molar-refractivity contribution is 6.32. The lowest BCUT2D eigenvalue weighted by Crippen LogP contribution is -2.49. The Labute approximate surface area is 147 Å². The molecule has 1 aliphatic rings. The van der Waals surface area contributed by atoms with E-state index in [9.17, 15) is 13.6 Å². The summed E-state index contributed by atoms with van der Waals surface area (Å²) in [4.78, 5) is 20.4. The number of carbonyl (C=O) groups is 1. The summed E-state index contributed by atoms with van der Waals surface area (Å²) in [6.07, 6.45) is 1.66. The van der Waals surface area contributed by atoms with Gasteiger partial charge in [-0.1, -0.05) is 11.6 Å². The van der Waals surface area contributed by atoms with E-state index in [2.05, 4.69) is 14.8 Å². The predicted octanol–water partition coefficient (Wildman–Crippen LogP) is 2.03. The first kappa shape index (κ1) is 17.4. The lowest BCUT2D eigenvalue weighted by atomic mass is 10.2. The molecule has 1 amide bonds. The molecule has 0 spiro atoms. The molecule has 1 aliphatic heterocycles. The quantitative estimate of drug-likeness (QED) is 0.823. The number of aryl methyl sites for hydroxylation is 1. The van der Waals surface area contributed by atoms with Crippen molar-refractivity contribution in [3.05, 3.63) is 35.1 Å². The standard InChI is InChI=1S/C15H16ClF2N5O2/c1-21-12(25-15(17)18)9-11(20-21)14(24)23-7-5-22(6-8-23)13-10(16)3-2-4-19-13/h2-4,9,15H,5-8H2,1H3. The highest BCUT2D eigenvalue weighted by Gasteiger charge is 2.26. The molecule has 0 unspecified atom stereocenters. The Morgan fingerprint density at radius 3 is 2.68 bits per heavy atom. The molecule has 0 aromatic carbocycles. The first-order valence-corrected chi connectivity index (χ1v) is 7.97. The van der Waals surface area contributed by atoms with Crippen LogP contribution in [0.25, 0.3) is 0 Å². The molecule has 2 aromatic rings. The maximum atomic E-state index is 12.5. The summed E-state index contributed by atoms with van der Waals surface area (Å²) in [5, 5.41) is 4.51. The van der Waals surface area contributed by atoms with Gasteiger partial charge in [0.05, 0.1) is 5.02 Å². The normalized spacial score (nSPS) is 14.9. The van der Waals surface area contributed by atoms with Crippen LogP contribution in [0.1, 0.15) is 10.5 Å². The summed E-state index contributed by atoms with van der Waals surface area (Å²) in [5.74, 6) is 0.199. The Bertz CT molecular complexity index is 762.